The number of hydrogen-bond acceptors (Lipinski definition) is 3. The van der Waals surface area contributed by atoms with Crippen LogP contribution in [0.25, 0.3) is 0 Å². The van der Waals surface area contributed by atoms with E-state index in [0.29, 0.717) is 6.54 Å². The van der Waals surface area contributed by atoms with E-state index in [9.17, 15) is 0 Å². The van der Waals surface area contributed by atoms with Crippen LogP contribution < -0.4 is 11.1 Å². The van der Waals surface area contributed by atoms with Crippen LogP contribution in [0.3, 0.4) is 0 Å². The molecule has 0 aliphatic heterocycles. The summed E-state index contributed by atoms with van der Waals surface area (Å²) in [5, 5.41) is 2.99. The van der Waals surface area contributed by atoms with Crippen LogP contribution in [0.15, 0.2) is 12.7 Å². The van der Waals surface area contributed by atoms with Gasteiger partial charge in [-0.15, -0.1) is 19.0 Å². The number of rotatable bonds is 4. The van der Waals surface area contributed by atoms with Gasteiger partial charge >= 0.3 is 0 Å². The average molecular weight is 213 g/mol. The van der Waals surface area contributed by atoms with Gasteiger partial charge in [0.15, 0.2) is 0 Å². The van der Waals surface area contributed by atoms with Gasteiger partial charge in [-0.1, -0.05) is 30.1 Å². The summed E-state index contributed by atoms with van der Waals surface area (Å²) < 4.78 is 0.797. The van der Waals surface area contributed by atoms with Crippen molar-refractivity contribution in [1.29, 1.82) is 0 Å². The molecule has 11 heavy (non-hydrogen) atoms. The van der Waals surface area contributed by atoms with Crippen molar-refractivity contribution in [3.8, 4) is 0 Å². The topological polar surface area (TPSA) is 38.0 Å². The molecule has 0 aliphatic rings. The SMILES string of the molecule is C=CCNC(=S)SCCN.Cl. The van der Waals surface area contributed by atoms with Gasteiger partial charge in [0.25, 0.3) is 0 Å². The molecule has 0 bridgehead atoms. The molecule has 5 heteroatoms. The number of nitrogens with one attached hydrogen (secondary N) is 1. The Kier molecular flexibility index (Phi) is 12.8. The molecule has 0 radical (unpaired) electrons. The minimum absolute atomic E-state index is 0. The summed E-state index contributed by atoms with van der Waals surface area (Å²) in [6.45, 7) is 4.96. The van der Waals surface area contributed by atoms with E-state index < -0.39 is 0 Å². The zero-order chi connectivity index (χ0) is 7.82. The second-order valence-electron chi connectivity index (χ2n) is 1.59. The monoisotopic (exact) mass is 212 g/mol. The van der Waals surface area contributed by atoms with E-state index in [1.807, 2.05) is 0 Å². The van der Waals surface area contributed by atoms with Crippen molar-refractivity contribution in [3.63, 3.8) is 0 Å². The Hall–Kier alpha value is 0.230. The van der Waals surface area contributed by atoms with Crippen molar-refractivity contribution in [2.24, 2.45) is 5.73 Å². The second kappa shape index (κ2) is 10.2. The first kappa shape index (κ1) is 13.8. The zero-order valence-corrected chi connectivity index (χ0v) is 8.66. The first-order valence-corrected chi connectivity index (χ1v) is 4.42. The number of nitrogens with two attached hydrogens (primary N) is 1. The Bertz CT molecular complexity index is 119. The van der Waals surface area contributed by atoms with Crippen molar-refractivity contribution < 1.29 is 0 Å². The van der Waals surface area contributed by atoms with Gasteiger partial charge in [0, 0.05) is 18.8 Å². The summed E-state index contributed by atoms with van der Waals surface area (Å²) in [7, 11) is 0. The van der Waals surface area contributed by atoms with Crippen molar-refractivity contribution >= 4 is 40.7 Å². The van der Waals surface area contributed by atoms with Crippen molar-refractivity contribution in [1.82, 2.24) is 5.32 Å². The van der Waals surface area contributed by atoms with Crippen molar-refractivity contribution in [2.45, 2.75) is 0 Å². The fourth-order valence-electron chi connectivity index (χ4n) is 0.358. The maximum absolute atomic E-state index is 5.28. The standard InChI is InChI=1S/C6H12N2S2.ClH/c1-2-4-8-6(9)10-5-3-7;/h2H,1,3-5,7H2,(H,8,9);1H. The molecular formula is C6H13ClN2S2. The molecule has 2 nitrogen and oxygen atoms in total. The van der Waals surface area contributed by atoms with Crippen LogP contribution in [0.5, 0.6) is 0 Å². The molecule has 0 rings (SSSR count). The quantitative estimate of drug-likeness (QED) is 0.542. The minimum atomic E-state index is 0. The van der Waals surface area contributed by atoms with Crippen LogP contribution in [0.2, 0.25) is 0 Å². The van der Waals surface area contributed by atoms with Crippen LogP contribution >= 0.6 is 36.4 Å². The summed E-state index contributed by atoms with van der Waals surface area (Å²) in [6.07, 6.45) is 1.77. The summed E-state index contributed by atoms with van der Waals surface area (Å²) in [5.41, 5.74) is 5.28. The van der Waals surface area contributed by atoms with E-state index in [1.165, 1.54) is 0 Å². The molecule has 0 aromatic carbocycles. The fourth-order valence-corrected chi connectivity index (χ4v) is 1.18. The smallest absolute Gasteiger partial charge is 0.134 e. The molecule has 66 valence electrons. The largest absolute Gasteiger partial charge is 0.368 e. The summed E-state index contributed by atoms with van der Waals surface area (Å²) >= 11 is 6.50. The lowest BCUT2D eigenvalue weighted by molar-refractivity contribution is 1.08. The normalized spacial score (nSPS) is 8.09. The van der Waals surface area contributed by atoms with Gasteiger partial charge in [0.1, 0.15) is 4.32 Å². The highest BCUT2D eigenvalue weighted by Gasteiger charge is 1.91. The first-order valence-electron chi connectivity index (χ1n) is 3.03. The molecule has 0 heterocycles. The Balaban J connectivity index is 0. The van der Waals surface area contributed by atoms with Crippen LogP contribution in [0.1, 0.15) is 0 Å². The fraction of sp³-hybridized carbons (Fsp3) is 0.500. The summed E-state index contributed by atoms with van der Waals surface area (Å²) in [6, 6.07) is 0. The maximum Gasteiger partial charge on any atom is 0.134 e. The van der Waals surface area contributed by atoms with Crippen molar-refractivity contribution in [3.05, 3.63) is 12.7 Å². The molecule has 0 atom stereocenters. The van der Waals surface area contributed by atoms with Gasteiger partial charge in [-0.05, 0) is 0 Å². The van der Waals surface area contributed by atoms with Crippen LogP contribution in [-0.4, -0.2) is 23.2 Å². The van der Waals surface area contributed by atoms with Gasteiger partial charge in [-0.25, -0.2) is 0 Å². The van der Waals surface area contributed by atoms with E-state index in [-0.39, 0.29) is 12.4 Å². The lowest BCUT2D eigenvalue weighted by Crippen LogP contribution is -2.19. The Labute approximate surface area is 83.4 Å². The van der Waals surface area contributed by atoms with E-state index in [1.54, 1.807) is 17.8 Å². The van der Waals surface area contributed by atoms with Crippen LogP contribution in [0.4, 0.5) is 0 Å². The predicted molar refractivity (Wildman–Crippen MR) is 59.6 cm³/mol. The number of halogens is 1. The predicted octanol–water partition coefficient (Wildman–Crippen LogP) is 1.16. The zero-order valence-electron chi connectivity index (χ0n) is 6.21. The highest BCUT2D eigenvalue weighted by Crippen LogP contribution is 1.98. The molecule has 0 aromatic heterocycles. The van der Waals surface area contributed by atoms with Gasteiger partial charge in [0.05, 0.1) is 0 Å². The minimum Gasteiger partial charge on any atom is -0.368 e. The second-order valence-corrected chi connectivity index (χ2v) is 3.37. The first-order chi connectivity index (χ1) is 4.81. The molecule has 0 saturated carbocycles. The molecule has 0 fully saturated rings. The molecule has 0 amide bonds. The van der Waals surface area contributed by atoms with Gasteiger partial charge < -0.3 is 11.1 Å². The van der Waals surface area contributed by atoms with Crippen molar-refractivity contribution in [2.75, 3.05) is 18.8 Å². The van der Waals surface area contributed by atoms with Crippen LogP contribution in [-0.2, 0) is 0 Å². The number of thiocarbonyl (C=S) groups is 1. The molecule has 0 aromatic rings. The molecule has 0 aliphatic carbocycles. The number of hydrogen-bond donors (Lipinski definition) is 2. The van der Waals surface area contributed by atoms with E-state index in [0.717, 1.165) is 16.6 Å². The third-order valence-corrected chi connectivity index (χ3v) is 2.09. The lowest BCUT2D eigenvalue weighted by Gasteiger charge is -2.02. The molecule has 3 N–H and O–H groups in total. The Morgan fingerprint density at radius 1 is 1.73 bits per heavy atom. The van der Waals surface area contributed by atoms with E-state index in [2.05, 4.69) is 11.9 Å². The van der Waals surface area contributed by atoms with Crippen LogP contribution in [0, 0.1) is 0 Å². The Morgan fingerprint density at radius 3 is 2.82 bits per heavy atom. The summed E-state index contributed by atoms with van der Waals surface area (Å²) in [4.78, 5) is 0. The number of thioether (sulfide) groups is 1. The summed E-state index contributed by atoms with van der Waals surface area (Å²) in [5.74, 6) is 0.878. The van der Waals surface area contributed by atoms with E-state index >= 15 is 0 Å². The highest BCUT2D eigenvalue weighted by atomic mass is 35.5. The Morgan fingerprint density at radius 2 is 2.36 bits per heavy atom. The van der Waals surface area contributed by atoms with Gasteiger partial charge in [-0.3, -0.25) is 0 Å². The molecule has 0 unspecified atom stereocenters. The average Bonchev–Trinajstić information content (AvgIpc) is 1.97. The van der Waals surface area contributed by atoms with Gasteiger partial charge in [-0.2, -0.15) is 0 Å². The molecule has 0 saturated heterocycles. The maximum atomic E-state index is 5.28. The molecule has 0 spiro atoms. The third-order valence-electron chi connectivity index (χ3n) is 0.742. The van der Waals surface area contributed by atoms with E-state index in [4.69, 9.17) is 18.0 Å². The van der Waals surface area contributed by atoms with Gasteiger partial charge in [0.2, 0.25) is 0 Å². The highest BCUT2D eigenvalue weighted by molar-refractivity contribution is 8.22. The molecular weight excluding hydrogens is 200 g/mol. The third kappa shape index (κ3) is 10.2. The lowest BCUT2D eigenvalue weighted by atomic mass is 10.6.